The largest absolute Gasteiger partial charge is 0.492 e. The molecular formula is C29H26N2O4. The first-order valence-corrected chi connectivity index (χ1v) is 12.2. The topological polar surface area (TPSA) is 67.9 Å². The average molecular weight is 467 g/mol. The first-order valence-electron chi connectivity index (χ1n) is 12.2. The van der Waals surface area contributed by atoms with Gasteiger partial charge in [-0.15, -0.1) is 0 Å². The number of aryl methyl sites for hydroxylation is 1. The molecule has 2 spiro atoms. The van der Waals surface area contributed by atoms with E-state index < -0.39 is 11.0 Å². The highest BCUT2D eigenvalue weighted by Crippen LogP contribution is 2.67. The molecule has 0 bridgehead atoms. The third-order valence-corrected chi connectivity index (χ3v) is 8.48. The van der Waals surface area contributed by atoms with Crippen LogP contribution in [0.2, 0.25) is 0 Å². The van der Waals surface area contributed by atoms with Crippen molar-refractivity contribution in [2.75, 3.05) is 31.7 Å². The smallest absolute Gasteiger partial charge is 0.250 e. The highest BCUT2D eigenvalue weighted by molar-refractivity contribution is 6.15. The fourth-order valence-corrected chi connectivity index (χ4v) is 7.15. The van der Waals surface area contributed by atoms with Gasteiger partial charge in [0, 0.05) is 29.8 Å². The molecule has 6 nitrogen and oxygen atoms in total. The Balaban J connectivity index is 1.58. The number of amides is 1. The summed E-state index contributed by atoms with van der Waals surface area (Å²) in [6, 6.07) is 23.4. The molecule has 3 aromatic rings. The number of para-hydroxylation sites is 2. The molecule has 4 aliphatic rings. The van der Waals surface area contributed by atoms with Crippen molar-refractivity contribution in [3.8, 4) is 5.75 Å². The molecule has 0 saturated carbocycles. The lowest BCUT2D eigenvalue weighted by molar-refractivity contribution is -0.137. The molecule has 6 heteroatoms. The minimum absolute atomic E-state index is 0.0359. The van der Waals surface area contributed by atoms with E-state index in [0.717, 1.165) is 22.4 Å². The minimum atomic E-state index is -1.20. The number of ketones is 1. The molecule has 35 heavy (non-hydrogen) atoms. The Morgan fingerprint density at radius 1 is 0.971 bits per heavy atom. The van der Waals surface area contributed by atoms with Gasteiger partial charge in [-0.3, -0.25) is 14.5 Å². The van der Waals surface area contributed by atoms with Crippen LogP contribution < -0.4 is 10.1 Å². The molecule has 2 saturated heterocycles. The highest BCUT2D eigenvalue weighted by atomic mass is 16.5. The van der Waals surface area contributed by atoms with Gasteiger partial charge in [0.1, 0.15) is 23.3 Å². The second-order valence-electron chi connectivity index (χ2n) is 10.0. The van der Waals surface area contributed by atoms with Crippen molar-refractivity contribution in [1.82, 2.24) is 4.90 Å². The van der Waals surface area contributed by atoms with Crippen molar-refractivity contribution >= 4 is 17.4 Å². The van der Waals surface area contributed by atoms with Crippen LogP contribution >= 0.6 is 0 Å². The molecule has 1 N–H and O–H groups in total. The van der Waals surface area contributed by atoms with Gasteiger partial charge in [0.2, 0.25) is 0 Å². The molecule has 0 aromatic heterocycles. The third-order valence-electron chi connectivity index (χ3n) is 8.48. The van der Waals surface area contributed by atoms with Gasteiger partial charge < -0.3 is 14.8 Å². The molecule has 4 heterocycles. The number of hydrogen-bond acceptors (Lipinski definition) is 5. The molecule has 2 fully saturated rings. The van der Waals surface area contributed by atoms with Gasteiger partial charge in [-0.25, -0.2) is 0 Å². The molecule has 7 rings (SSSR count). The van der Waals surface area contributed by atoms with E-state index in [0.29, 0.717) is 31.1 Å². The van der Waals surface area contributed by atoms with Crippen LogP contribution in [0.15, 0.2) is 72.8 Å². The lowest BCUT2D eigenvalue weighted by atomic mass is 9.56. The fourth-order valence-electron chi connectivity index (χ4n) is 7.15. The van der Waals surface area contributed by atoms with Crippen molar-refractivity contribution < 1.29 is 19.1 Å². The number of nitrogens with one attached hydrogen (secondary N) is 1. The van der Waals surface area contributed by atoms with Crippen LogP contribution in [0.3, 0.4) is 0 Å². The van der Waals surface area contributed by atoms with Crippen LogP contribution in [-0.2, 0) is 15.1 Å². The van der Waals surface area contributed by atoms with Crippen LogP contribution in [0.4, 0.5) is 5.69 Å². The molecule has 4 aliphatic heterocycles. The van der Waals surface area contributed by atoms with Gasteiger partial charge in [-0.05, 0) is 30.7 Å². The summed E-state index contributed by atoms with van der Waals surface area (Å²) >= 11 is 0. The van der Waals surface area contributed by atoms with E-state index in [1.165, 1.54) is 0 Å². The maximum absolute atomic E-state index is 14.8. The monoisotopic (exact) mass is 466 g/mol. The summed E-state index contributed by atoms with van der Waals surface area (Å²) in [5.74, 6) is 0.0950. The van der Waals surface area contributed by atoms with Crippen molar-refractivity contribution in [2.45, 2.75) is 24.4 Å². The number of carbonyl (C=O) groups excluding carboxylic acids is 2. The number of nitrogens with zero attached hydrogens (tertiary/aromatic N) is 1. The standard InChI is InChI=1S/C29H26N2O4/c1-18-10-12-19(13-11-18)25-23-16-34-15-14-31(23)29(21-7-3-4-8-22(21)30-27(29)33)28(25)17-35-24-9-5-2-6-20(24)26(28)32/h2-13,23,25H,14-17H2,1H3,(H,30,33). The van der Waals surface area contributed by atoms with Gasteiger partial charge in [0.05, 0.1) is 18.8 Å². The zero-order valence-electron chi connectivity index (χ0n) is 19.5. The quantitative estimate of drug-likeness (QED) is 0.589. The van der Waals surface area contributed by atoms with Crippen molar-refractivity contribution in [2.24, 2.45) is 5.41 Å². The summed E-state index contributed by atoms with van der Waals surface area (Å²) in [6.07, 6.45) is 0. The number of morpholine rings is 1. The van der Waals surface area contributed by atoms with Crippen LogP contribution in [0.5, 0.6) is 5.75 Å². The fraction of sp³-hybridized carbons (Fsp3) is 0.310. The van der Waals surface area contributed by atoms with E-state index >= 15 is 0 Å². The molecular weight excluding hydrogens is 440 g/mol. The molecule has 4 unspecified atom stereocenters. The van der Waals surface area contributed by atoms with Crippen molar-refractivity contribution in [1.29, 1.82) is 0 Å². The first-order chi connectivity index (χ1) is 17.1. The summed E-state index contributed by atoms with van der Waals surface area (Å²) in [5.41, 5.74) is 1.97. The predicted octanol–water partition coefficient (Wildman–Crippen LogP) is 3.90. The second-order valence-corrected chi connectivity index (χ2v) is 10.0. The molecule has 0 aliphatic carbocycles. The van der Waals surface area contributed by atoms with E-state index in [9.17, 15) is 9.59 Å². The van der Waals surface area contributed by atoms with E-state index in [2.05, 4.69) is 41.4 Å². The van der Waals surface area contributed by atoms with E-state index in [-0.39, 0.29) is 30.3 Å². The minimum Gasteiger partial charge on any atom is -0.492 e. The third kappa shape index (κ3) is 2.46. The van der Waals surface area contributed by atoms with Crippen molar-refractivity contribution in [3.63, 3.8) is 0 Å². The lowest BCUT2D eigenvalue weighted by Gasteiger charge is -2.48. The number of hydrogen-bond donors (Lipinski definition) is 1. The Labute approximate surface area is 203 Å². The summed E-state index contributed by atoms with van der Waals surface area (Å²) in [7, 11) is 0. The van der Waals surface area contributed by atoms with Gasteiger partial charge in [-0.1, -0.05) is 60.2 Å². The number of anilines is 1. The molecule has 1 amide bonds. The van der Waals surface area contributed by atoms with Crippen LogP contribution in [0.1, 0.15) is 33.0 Å². The Morgan fingerprint density at radius 2 is 1.74 bits per heavy atom. The summed E-state index contributed by atoms with van der Waals surface area (Å²) in [4.78, 5) is 31.3. The Kier molecular flexibility index (Phi) is 4.33. The number of Topliss-reactive ketones (excluding diaryl/α,β-unsaturated/α-hetero) is 1. The van der Waals surface area contributed by atoms with Crippen LogP contribution in [0, 0.1) is 12.3 Å². The number of benzene rings is 3. The van der Waals surface area contributed by atoms with E-state index in [4.69, 9.17) is 9.47 Å². The van der Waals surface area contributed by atoms with Crippen molar-refractivity contribution in [3.05, 3.63) is 95.1 Å². The van der Waals surface area contributed by atoms with Gasteiger partial charge in [0.25, 0.3) is 5.91 Å². The van der Waals surface area contributed by atoms with Gasteiger partial charge >= 0.3 is 0 Å². The predicted molar refractivity (Wildman–Crippen MR) is 131 cm³/mol. The Bertz CT molecular complexity index is 1370. The molecule has 0 radical (unpaired) electrons. The maximum atomic E-state index is 14.8. The normalized spacial score (nSPS) is 31.1. The zero-order valence-corrected chi connectivity index (χ0v) is 19.5. The Morgan fingerprint density at radius 3 is 2.60 bits per heavy atom. The number of carbonyl (C=O) groups is 2. The maximum Gasteiger partial charge on any atom is 0.250 e. The van der Waals surface area contributed by atoms with Crippen LogP contribution in [0.25, 0.3) is 0 Å². The SMILES string of the molecule is Cc1ccc(C2C3COCCN3C3(C(=O)Nc4ccccc43)C23COc2ccccc2C3=O)cc1. The van der Waals surface area contributed by atoms with E-state index in [1.807, 2.05) is 48.5 Å². The zero-order chi connectivity index (χ0) is 23.8. The lowest BCUT2D eigenvalue weighted by Crippen LogP contribution is -2.64. The molecule has 176 valence electrons. The summed E-state index contributed by atoms with van der Waals surface area (Å²) < 4.78 is 12.4. The number of ether oxygens (including phenoxy) is 2. The van der Waals surface area contributed by atoms with Crippen LogP contribution in [-0.4, -0.2) is 49.0 Å². The van der Waals surface area contributed by atoms with E-state index in [1.54, 1.807) is 0 Å². The molecule has 3 aromatic carbocycles. The highest BCUT2D eigenvalue weighted by Gasteiger charge is 2.78. The summed E-state index contributed by atoms with van der Waals surface area (Å²) in [6.45, 7) is 3.70. The molecule has 4 atom stereocenters. The second kappa shape index (κ2) is 7.26. The average Bonchev–Trinajstić information content (AvgIpc) is 3.33. The van der Waals surface area contributed by atoms with Gasteiger partial charge in [-0.2, -0.15) is 0 Å². The number of fused-ring (bicyclic) bond motifs is 6. The first kappa shape index (κ1) is 20.9. The number of rotatable bonds is 1. The van der Waals surface area contributed by atoms with Gasteiger partial charge in [0.15, 0.2) is 5.78 Å². The Hall–Kier alpha value is -3.48. The summed E-state index contributed by atoms with van der Waals surface area (Å²) in [5, 5.41) is 3.13.